The fraction of sp³-hybridized carbons (Fsp3) is 0.172. The Balaban J connectivity index is 1.49. The molecule has 0 radical (unpaired) electrons. The SMILES string of the molecule is CC(C)C(COc1nc2cccnc2nc1C#Cc1cnc2ccccc2c1)c1ccccc1. The van der Waals surface area contributed by atoms with Gasteiger partial charge in [-0.25, -0.2) is 15.0 Å². The maximum absolute atomic E-state index is 6.26. The van der Waals surface area contributed by atoms with E-state index in [1.165, 1.54) is 5.56 Å². The summed E-state index contributed by atoms with van der Waals surface area (Å²) in [6.07, 6.45) is 3.47. The van der Waals surface area contributed by atoms with Crippen molar-refractivity contribution in [2.75, 3.05) is 6.61 Å². The van der Waals surface area contributed by atoms with Crippen LogP contribution in [0.5, 0.6) is 5.88 Å². The van der Waals surface area contributed by atoms with Gasteiger partial charge in [-0.2, -0.15) is 0 Å². The zero-order valence-electron chi connectivity index (χ0n) is 19.1. The van der Waals surface area contributed by atoms with Crippen molar-refractivity contribution in [3.8, 4) is 17.7 Å². The van der Waals surface area contributed by atoms with Gasteiger partial charge in [-0.1, -0.05) is 68.3 Å². The van der Waals surface area contributed by atoms with Gasteiger partial charge in [0.05, 0.1) is 12.1 Å². The van der Waals surface area contributed by atoms with Crippen LogP contribution in [0.15, 0.2) is 85.2 Å². The summed E-state index contributed by atoms with van der Waals surface area (Å²) < 4.78 is 6.26. The second-order valence-electron chi connectivity index (χ2n) is 8.46. The third-order valence-electron chi connectivity index (χ3n) is 5.76. The molecule has 0 aliphatic rings. The smallest absolute Gasteiger partial charge is 0.249 e. The quantitative estimate of drug-likeness (QED) is 0.321. The van der Waals surface area contributed by atoms with Crippen molar-refractivity contribution >= 4 is 22.1 Å². The van der Waals surface area contributed by atoms with Crippen LogP contribution in [0, 0.1) is 17.8 Å². The molecule has 5 heteroatoms. The number of pyridine rings is 2. The number of hydrogen-bond acceptors (Lipinski definition) is 5. The Morgan fingerprint density at radius 3 is 2.47 bits per heavy atom. The summed E-state index contributed by atoms with van der Waals surface area (Å²) in [7, 11) is 0. The van der Waals surface area contributed by atoms with Gasteiger partial charge in [0.2, 0.25) is 5.88 Å². The minimum absolute atomic E-state index is 0.220. The molecule has 0 aliphatic heterocycles. The van der Waals surface area contributed by atoms with E-state index in [0.29, 0.717) is 35.3 Å². The third kappa shape index (κ3) is 4.72. The van der Waals surface area contributed by atoms with Crippen molar-refractivity contribution < 1.29 is 4.74 Å². The number of hydrogen-bond donors (Lipinski definition) is 0. The van der Waals surface area contributed by atoms with Gasteiger partial charge in [0.1, 0.15) is 5.52 Å². The van der Waals surface area contributed by atoms with Gasteiger partial charge < -0.3 is 4.74 Å². The lowest BCUT2D eigenvalue weighted by atomic mass is 9.89. The van der Waals surface area contributed by atoms with Gasteiger partial charge in [-0.3, -0.25) is 4.98 Å². The monoisotopic (exact) mass is 444 g/mol. The standard InChI is InChI=1S/C29H24N4O/c1-20(2)24(22-9-4-3-5-10-22)19-34-29-27(32-28-26(33-29)13-8-16-30-28)15-14-21-17-23-11-6-7-12-25(23)31-18-21/h3-13,16-18,20,24H,19H2,1-2H3. The molecule has 166 valence electrons. The molecule has 34 heavy (non-hydrogen) atoms. The number of benzene rings is 2. The molecule has 0 amide bonds. The van der Waals surface area contributed by atoms with E-state index in [1.807, 2.05) is 48.5 Å². The van der Waals surface area contributed by atoms with E-state index in [0.717, 1.165) is 16.5 Å². The third-order valence-corrected chi connectivity index (χ3v) is 5.76. The summed E-state index contributed by atoms with van der Waals surface area (Å²) in [5.74, 6) is 7.37. The number of aromatic nitrogens is 4. The van der Waals surface area contributed by atoms with Crippen LogP contribution in [-0.4, -0.2) is 26.5 Å². The molecule has 2 aromatic carbocycles. The van der Waals surface area contributed by atoms with Gasteiger partial charge in [-0.05, 0) is 41.7 Å². The Hall–Kier alpha value is -4.30. The summed E-state index contributed by atoms with van der Waals surface area (Å²) in [6, 6.07) is 24.1. The van der Waals surface area contributed by atoms with Gasteiger partial charge in [0, 0.05) is 29.3 Å². The average Bonchev–Trinajstić information content (AvgIpc) is 2.87. The van der Waals surface area contributed by atoms with E-state index < -0.39 is 0 Å². The Morgan fingerprint density at radius 1 is 0.824 bits per heavy atom. The maximum atomic E-state index is 6.26. The Labute approximate surface area is 198 Å². The lowest BCUT2D eigenvalue weighted by Gasteiger charge is -2.21. The Bertz CT molecular complexity index is 1500. The van der Waals surface area contributed by atoms with E-state index in [9.17, 15) is 0 Å². The number of para-hydroxylation sites is 1. The molecule has 0 bridgehead atoms. The molecule has 3 heterocycles. The molecule has 3 aromatic heterocycles. The molecule has 0 aliphatic carbocycles. The number of ether oxygens (including phenoxy) is 1. The van der Waals surface area contributed by atoms with Crippen molar-refractivity contribution in [3.05, 3.63) is 102 Å². The molecule has 0 saturated carbocycles. The number of rotatable bonds is 5. The lowest BCUT2D eigenvalue weighted by Crippen LogP contribution is -2.17. The first-order valence-electron chi connectivity index (χ1n) is 11.3. The Morgan fingerprint density at radius 2 is 1.62 bits per heavy atom. The topological polar surface area (TPSA) is 60.8 Å². The fourth-order valence-corrected chi connectivity index (χ4v) is 3.87. The highest BCUT2D eigenvalue weighted by atomic mass is 16.5. The molecule has 5 nitrogen and oxygen atoms in total. The molecule has 1 unspecified atom stereocenters. The van der Waals surface area contributed by atoms with Crippen molar-refractivity contribution in [1.82, 2.24) is 19.9 Å². The highest BCUT2D eigenvalue weighted by Crippen LogP contribution is 2.26. The molecular weight excluding hydrogens is 420 g/mol. The van der Waals surface area contributed by atoms with Gasteiger partial charge in [0.25, 0.3) is 0 Å². The predicted octanol–water partition coefficient (Wildman–Crippen LogP) is 5.79. The molecule has 0 saturated heterocycles. The summed E-state index contributed by atoms with van der Waals surface area (Å²) in [5, 5.41) is 1.04. The average molecular weight is 445 g/mol. The molecule has 0 N–H and O–H groups in total. The number of nitrogens with zero attached hydrogens (tertiary/aromatic N) is 4. The molecule has 0 fully saturated rings. The summed E-state index contributed by atoms with van der Waals surface area (Å²) in [6.45, 7) is 4.88. The van der Waals surface area contributed by atoms with Crippen molar-refractivity contribution in [2.45, 2.75) is 19.8 Å². The minimum Gasteiger partial charge on any atom is -0.475 e. The molecular formula is C29H24N4O. The first-order valence-corrected chi connectivity index (χ1v) is 11.3. The van der Waals surface area contributed by atoms with E-state index in [1.54, 1.807) is 12.4 Å². The van der Waals surface area contributed by atoms with Gasteiger partial charge in [-0.15, -0.1) is 0 Å². The van der Waals surface area contributed by atoms with Crippen molar-refractivity contribution in [3.63, 3.8) is 0 Å². The van der Waals surface area contributed by atoms with Crippen LogP contribution in [0.2, 0.25) is 0 Å². The fourth-order valence-electron chi connectivity index (χ4n) is 3.87. The van der Waals surface area contributed by atoms with Crippen molar-refractivity contribution in [2.24, 2.45) is 5.92 Å². The molecule has 5 aromatic rings. The van der Waals surface area contributed by atoms with Crippen LogP contribution in [-0.2, 0) is 0 Å². The van der Waals surface area contributed by atoms with Crippen LogP contribution in [0.25, 0.3) is 22.1 Å². The molecule has 5 rings (SSSR count). The zero-order valence-corrected chi connectivity index (χ0v) is 19.1. The second-order valence-corrected chi connectivity index (χ2v) is 8.46. The van der Waals surface area contributed by atoms with Crippen molar-refractivity contribution in [1.29, 1.82) is 0 Å². The highest BCUT2D eigenvalue weighted by Gasteiger charge is 2.18. The second kappa shape index (κ2) is 9.68. The first-order chi connectivity index (χ1) is 16.7. The van der Waals surface area contributed by atoms with Gasteiger partial charge >= 0.3 is 0 Å². The first kappa shape index (κ1) is 21.5. The number of fused-ring (bicyclic) bond motifs is 2. The lowest BCUT2D eigenvalue weighted by molar-refractivity contribution is 0.249. The van der Waals surface area contributed by atoms with E-state index >= 15 is 0 Å². The highest BCUT2D eigenvalue weighted by molar-refractivity contribution is 5.79. The molecule has 0 spiro atoms. The maximum Gasteiger partial charge on any atom is 0.249 e. The van der Waals surface area contributed by atoms with E-state index in [2.05, 4.69) is 64.9 Å². The largest absolute Gasteiger partial charge is 0.475 e. The minimum atomic E-state index is 0.220. The van der Waals surface area contributed by atoms with Crippen LogP contribution in [0.1, 0.15) is 36.6 Å². The Kier molecular flexibility index (Phi) is 6.13. The summed E-state index contributed by atoms with van der Waals surface area (Å²) in [4.78, 5) is 18.2. The van der Waals surface area contributed by atoms with Crippen LogP contribution < -0.4 is 4.74 Å². The van der Waals surface area contributed by atoms with Gasteiger partial charge in [0.15, 0.2) is 11.3 Å². The van der Waals surface area contributed by atoms with Crippen LogP contribution in [0.3, 0.4) is 0 Å². The van der Waals surface area contributed by atoms with E-state index in [-0.39, 0.29) is 5.92 Å². The van der Waals surface area contributed by atoms with Crippen LogP contribution in [0.4, 0.5) is 0 Å². The zero-order chi connectivity index (χ0) is 23.3. The van der Waals surface area contributed by atoms with E-state index in [4.69, 9.17) is 9.72 Å². The summed E-state index contributed by atoms with van der Waals surface area (Å²) in [5.41, 5.74) is 4.66. The van der Waals surface area contributed by atoms with Crippen LogP contribution >= 0.6 is 0 Å². The normalized spacial score (nSPS) is 11.9. The predicted molar refractivity (Wildman–Crippen MR) is 135 cm³/mol. The summed E-state index contributed by atoms with van der Waals surface area (Å²) >= 11 is 0. The molecule has 1 atom stereocenters.